The molecule has 2 fully saturated rings. The van der Waals surface area contributed by atoms with E-state index in [-0.39, 0.29) is 30.2 Å². The van der Waals surface area contributed by atoms with Crippen molar-refractivity contribution in [1.82, 2.24) is 0 Å². The fraction of sp³-hybridized carbons (Fsp3) is 0.553. The summed E-state index contributed by atoms with van der Waals surface area (Å²) in [5.74, 6) is 2.18. The maximum atomic E-state index is 13.7. The minimum absolute atomic E-state index is 0.00376. The number of ketones is 3. The van der Waals surface area contributed by atoms with E-state index in [1.165, 1.54) is 87.3 Å². The van der Waals surface area contributed by atoms with E-state index < -0.39 is 0 Å². The van der Waals surface area contributed by atoms with Crippen LogP contribution in [0.15, 0.2) is 66.3 Å². The first-order valence-electron chi connectivity index (χ1n) is 20.0. The van der Waals surface area contributed by atoms with E-state index in [0.717, 1.165) is 47.3 Å². The zero-order chi connectivity index (χ0) is 36.2. The van der Waals surface area contributed by atoms with Crippen molar-refractivity contribution in [3.8, 4) is 5.75 Å². The largest absolute Gasteiger partial charge is 0.497 e. The summed E-state index contributed by atoms with van der Waals surface area (Å²) in [5.41, 5.74) is 8.25. The molecule has 5 rings (SSSR count). The van der Waals surface area contributed by atoms with E-state index in [1.54, 1.807) is 7.11 Å². The number of allylic oxidation sites excluding steroid dienone is 6. The van der Waals surface area contributed by atoms with Gasteiger partial charge in [0.1, 0.15) is 17.3 Å². The summed E-state index contributed by atoms with van der Waals surface area (Å²) < 4.78 is 5.34. The van der Waals surface area contributed by atoms with Crippen LogP contribution in [0.2, 0.25) is 0 Å². The topological polar surface area (TPSA) is 60.4 Å². The quantitative estimate of drug-likeness (QED) is 0.146. The fourth-order valence-corrected chi connectivity index (χ4v) is 9.32. The fourth-order valence-electron chi connectivity index (χ4n) is 9.32. The van der Waals surface area contributed by atoms with Crippen LogP contribution < -0.4 is 4.74 Å². The molecule has 2 saturated carbocycles. The number of hydrogen-bond acceptors (Lipinski definition) is 4. The maximum absolute atomic E-state index is 13.7. The monoisotopic (exact) mass is 690 g/mol. The predicted molar refractivity (Wildman–Crippen MR) is 210 cm³/mol. The second kappa shape index (κ2) is 18.8. The number of carbonyl (C=O) groups is 3. The highest BCUT2D eigenvalue weighted by Gasteiger charge is 2.35. The molecular formula is C47H62O4. The third-order valence-corrected chi connectivity index (χ3v) is 12.4. The Morgan fingerprint density at radius 3 is 2.27 bits per heavy atom. The van der Waals surface area contributed by atoms with Crippen LogP contribution in [-0.2, 0) is 28.9 Å². The van der Waals surface area contributed by atoms with Gasteiger partial charge in [-0.05, 0) is 160 Å². The van der Waals surface area contributed by atoms with Crippen molar-refractivity contribution in [2.45, 2.75) is 143 Å². The van der Waals surface area contributed by atoms with Gasteiger partial charge in [-0.25, -0.2) is 0 Å². The summed E-state index contributed by atoms with van der Waals surface area (Å²) in [5, 5.41) is 0. The first-order chi connectivity index (χ1) is 24.7. The standard InChI is InChI=1S/C47H62O4/c1-5-37-21-22-41(31-40(37)17-10-20-42(48)32-43(49)33-45-34(2)28-44(51-4)29-35(45)3)46(50)30-36-14-11-24-47(27-23-36)25-12-18-39(19-13-26-47)38-15-8-6-7-9-16-38/h6,8-9,15-16,21-22,28-29,31,36,39H,5,7,10-14,17-20,23-27,30,32-33H2,1-4H3. The van der Waals surface area contributed by atoms with Crippen molar-refractivity contribution >= 4 is 17.3 Å². The van der Waals surface area contributed by atoms with Gasteiger partial charge < -0.3 is 4.74 Å². The third kappa shape index (κ3) is 11.0. The molecule has 4 heteroatoms. The van der Waals surface area contributed by atoms with Gasteiger partial charge in [0.15, 0.2) is 5.78 Å². The Morgan fingerprint density at radius 1 is 0.843 bits per heavy atom. The molecular weight excluding hydrogens is 629 g/mol. The lowest BCUT2D eigenvalue weighted by molar-refractivity contribution is -0.126. The smallest absolute Gasteiger partial charge is 0.163 e. The highest BCUT2D eigenvalue weighted by molar-refractivity contribution is 6.00. The van der Waals surface area contributed by atoms with Gasteiger partial charge in [-0.15, -0.1) is 0 Å². The number of Topliss-reactive ketones (excluding diaryl/α,β-unsaturated/α-hetero) is 3. The van der Waals surface area contributed by atoms with Crippen LogP contribution in [-0.4, -0.2) is 24.5 Å². The Bertz CT molecular complexity index is 1590. The van der Waals surface area contributed by atoms with E-state index in [4.69, 9.17) is 4.74 Å². The first kappa shape index (κ1) is 38.7. The Morgan fingerprint density at radius 2 is 1.57 bits per heavy atom. The molecule has 0 amide bonds. The molecule has 0 radical (unpaired) electrons. The van der Waals surface area contributed by atoms with E-state index in [1.807, 2.05) is 32.0 Å². The minimum Gasteiger partial charge on any atom is -0.497 e. The molecule has 3 aliphatic rings. The van der Waals surface area contributed by atoms with Gasteiger partial charge in [0.2, 0.25) is 0 Å². The molecule has 0 aromatic heterocycles. The summed E-state index contributed by atoms with van der Waals surface area (Å²) in [6.07, 6.45) is 30.3. The molecule has 0 saturated heterocycles. The second-order valence-electron chi connectivity index (χ2n) is 16.0. The lowest BCUT2D eigenvalue weighted by atomic mass is 9.69. The second-order valence-corrected chi connectivity index (χ2v) is 16.0. The highest BCUT2D eigenvalue weighted by atomic mass is 16.5. The van der Waals surface area contributed by atoms with Crippen molar-refractivity contribution in [3.05, 3.63) is 99.7 Å². The Hall–Kier alpha value is -3.53. The van der Waals surface area contributed by atoms with E-state index >= 15 is 0 Å². The number of ether oxygens (including phenoxy) is 1. The summed E-state index contributed by atoms with van der Waals surface area (Å²) in [7, 11) is 1.64. The SMILES string of the molecule is CCc1ccc(C(=O)CC2CCCC3(CCCC(C4=CC=CCC=C4)CCC3)CC2)cc1CCCC(=O)CC(=O)Cc1c(C)cc(OC)cc1C. The van der Waals surface area contributed by atoms with Gasteiger partial charge in [-0.3, -0.25) is 14.4 Å². The zero-order valence-electron chi connectivity index (χ0n) is 32.0. The van der Waals surface area contributed by atoms with Gasteiger partial charge in [0, 0.05) is 24.8 Å². The van der Waals surface area contributed by atoms with Crippen molar-refractivity contribution < 1.29 is 19.1 Å². The van der Waals surface area contributed by atoms with Crippen molar-refractivity contribution in [3.63, 3.8) is 0 Å². The van der Waals surface area contributed by atoms with Crippen molar-refractivity contribution in [1.29, 1.82) is 0 Å². The molecule has 1 spiro atoms. The van der Waals surface area contributed by atoms with E-state index in [0.29, 0.717) is 36.5 Å². The maximum Gasteiger partial charge on any atom is 0.163 e. The number of hydrogen-bond donors (Lipinski definition) is 0. The minimum atomic E-state index is -0.0378. The van der Waals surface area contributed by atoms with Gasteiger partial charge >= 0.3 is 0 Å². The van der Waals surface area contributed by atoms with Crippen molar-refractivity contribution in [2.24, 2.45) is 17.3 Å². The first-order valence-corrected chi connectivity index (χ1v) is 20.0. The average Bonchev–Trinajstić information content (AvgIpc) is 3.50. The Kier molecular flexibility index (Phi) is 14.3. The molecule has 4 nitrogen and oxygen atoms in total. The van der Waals surface area contributed by atoms with Crippen LogP contribution in [0.4, 0.5) is 0 Å². The normalized spacial score (nSPS) is 22.4. The molecule has 51 heavy (non-hydrogen) atoms. The molecule has 0 aliphatic heterocycles. The number of aryl methyl sites for hydroxylation is 4. The van der Waals surface area contributed by atoms with Crippen LogP contribution in [0.25, 0.3) is 0 Å². The molecule has 0 bridgehead atoms. The van der Waals surface area contributed by atoms with Crippen molar-refractivity contribution in [2.75, 3.05) is 7.11 Å². The Balaban J connectivity index is 1.09. The van der Waals surface area contributed by atoms with Gasteiger partial charge in [-0.1, -0.05) is 68.7 Å². The van der Waals surface area contributed by atoms with Gasteiger partial charge in [0.05, 0.1) is 13.5 Å². The summed E-state index contributed by atoms with van der Waals surface area (Å²) in [6.45, 7) is 6.11. The molecule has 2 aromatic carbocycles. The average molecular weight is 691 g/mol. The van der Waals surface area contributed by atoms with Crippen LogP contribution >= 0.6 is 0 Å². The highest BCUT2D eigenvalue weighted by Crippen LogP contribution is 2.48. The summed E-state index contributed by atoms with van der Waals surface area (Å²) in [4.78, 5) is 39.3. The molecule has 1 unspecified atom stereocenters. The lowest BCUT2D eigenvalue weighted by Gasteiger charge is -2.36. The lowest BCUT2D eigenvalue weighted by Crippen LogP contribution is -2.23. The molecule has 0 heterocycles. The van der Waals surface area contributed by atoms with Gasteiger partial charge in [0.25, 0.3) is 0 Å². The van der Waals surface area contributed by atoms with Crippen LogP contribution in [0.5, 0.6) is 5.75 Å². The molecule has 3 aliphatic carbocycles. The van der Waals surface area contributed by atoms with E-state index in [9.17, 15) is 14.4 Å². The number of carbonyl (C=O) groups excluding carboxylic acids is 3. The summed E-state index contributed by atoms with van der Waals surface area (Å²) >= 11 is 0. The molecule has 274 valence electrons. The number of benzene rings is 2. The number of methoxy groups -OCH3 is 1. The summed E-state index contributed by atoms with van der Waals surface area (Å²) in [6, 6.07) is 10.1. The molecule has 1 atom stereocenters. The molecule has 0 N–H and O–H groups in total. The zero-order valence-corrected chi connectivity index (χ0v) is 32.0. The van der Waals surface area contributed by atoms with Crippen LogP contribution in [0, 0.1) is 31.1 Å². The molecule has 2 aromatic rings. The van der Waals surface area contributed by atoms with Crippen LogP contribution in [0.3, 0.4) is 0 Å². The number of rotatable bonds is 14. The van der Waals surface area contributed by atoms with Crippen LogP contribution in [0.1, 0.15) is 148 Å². The predicted octanol–water partition coefficient (Wildman–Crippen LogP) is 11.5. The third-order valence-electron chi connectivity index (χ3n) is 12.4. The van der Waals surface area contributed by atoms with E-state index in [2.05, 4.69) is 49.4 Å². The Labute approximate surface area is 308 Å². The van der Waals surface area contributed by atoms with Gasteiger partial charge in [-0.2, -0.15) is 0 Å².